The van der Waals surface area contributed by atoms with Crippen molar-refractivity contribution < 1.29 is 4.79 Å². The molecule has 1 aliphatic heterocycles. The van der Waals surface area contributed by atoms with Crippen molar-refractivity contribution in [3.8, 4) is 0 Å². The van der Waals surface area contributed by atoms with Crippen LogP contribution in [0.4, 0.5) is 0 Å². The van der Waals surface area contributed by atoms with Crippen LogP contribution in [0, 0.1) is 0 Å². The van der Waals surface area contributed by atoms with E-state index in [0.717, 1.165) is 31.2 Å². The first-order valence-electron chi connectivity index (χ1n) is 9.38. The van der Waals surface area contributed by atoms with Crippen LogP contribution in [0.15, 0.2) is 29.3 Å². The van der Waals surface area contributed by atoms with Crippen LogP contribution in [0.3, 0.4) is 0 Å². The highest BCUT2D eigenvalue weighted by molar-refractivity contribution is 14.0. The monoisotopic (exact) mass is 521 g/mol. The van der Waals surface area contributed by atoms with Gasteiger partial charge in [-0.2, -0.15) is 0 Å². The van der Waals surface area contributed by atoms with Gasteiger partial charge in [-0.05, 0) is 45.6 Å². The second kappa shape index (κ2) is 11.2. The van der Waals surface area contributed by atoms with Crippen molar-refractivity contribution >= 4 is 47.4 Å². The Bertz CT molecular complexity index is 672. The molecule has 1 amide bonds. The Morgan fingerprint density at radius 3 is 2.36 bits per heavy atom. The molecule has 0 atom stereocenters. The van der Waals surface area contributed by atoms with Gasteiger partial charge in [0.2, 0.25) is 5.91 Å². The maximum atomic E-state index is 12.6. The van der Waals surface area contributed by atoms with E-state index in [0.29, 0.717) is 24.5 Å². The average molecular weight is 522 g/mol. The molecule has 28 heavy (non-hydrogen) atoms. The number of halogens is 2. The summed E-state index contributed by atoms with van der Waals surface area (Å²) in [6, 6.07) is 7.50. The van der Waals surface area contributed by atoms with Crippen molar-refractivity contribution in [1.82, 2.24) is 20.0 Å². The Morgan fingerprint density at radius 2 is 1.82 bits per heavy atom. The topological polar surface area (TPSA) is 51.2 Å². The normalized spacial score (nSPS) is 15.5. The Morgan fingerprint density at radius 1 is 1.21 bits per heavy atom. The number of benzene rings is 1. The lowest BCUT2D eigenvalue weighted by Gasteiger charge is -2.38. The van der Waals surface area contributed by atoms with Crippen LogP contribution in [-0.4, -0.2) is 86.0 Å². The molecule has 1 fully saturated rings. The average Bonchev–Trinajstić information content (AvgIpc) is 2.62. The van der Waals surface area contributed by atoms with Crippen LogP contribution < -0.4 is 5.32 Å². The van der Waals surface area contributed by atoms with E-state index in [2.05, 4.69) is 48.1 Å². The zero-order valence-electron chi connectivity index (χ0n) is 17.5. The summed E-state index contributed by atoms with van der Waals surface area (Å²) in [5.41, 5.74) is 0.989. The van der Waals surface area contributed by atoms with Gasteiger partial charge < -0.3 is 20.0 Å². The lowest BCUT2D eigenvalue weighted by Crippen LogP contribution is -2.56. The number of guanidine groups is 1. The molecular weight excluding hydrogens is 489 g/mol. The van der Waals surface area contributed by atoms with Crippen molar-refractivity contribution in [2.24, 2.45) is 4.99 Å². The summed E-state index contributed by atoms with van der Waals surface area (Å²) in [5.74, 6) is 1.04. The third-order valence-corrected chi connectivity index (χ3v) is 5.51. The molecule has 0 aromatic heterocycles. The molecule has 0 bridgehead atoms. The largest absolute Gasteiger partial charge is 0.354 e. The van der Waals surface area contributed by atoms with E-state index < -0.39 is 0 Å². The maximum absolute atomic E-state index is 12.6. The standard InChI is InChI=1S/C20H32ClN5O.HI/c1-20(2,24(4)5)15-23-19(22-3)26-11-9-25(10-12-26)18(27)14-16-7-6-8-17(21)13-16;/h6-8,13H,9-12,14-15H2,1-5H3,(H,22,23);1H. The summed E-state index contributed by atoms with van der Waals surface area (Å²) in [4.78, 5) is 23.3. The van der Waals surface area contributed by atoms with E-state index in [1.54, 1.807) is 0 Å². The lowest BCUT2D eigenvalue weighted by molar-refractivity contribution is -0.131. The van der Waals surface area contributed by atoms with Crippen LogP contribution in [0.2, 0.25) is 5.02 Å². The van der Waals surface area contributed by atoms with Gasteiger partial charge in [0.15, 0.2) is 5.96 Å². The van der Waals surface area contributed by atoms with Gasteiger partial charge in [0.25, 0.3) is 0 Å². The molecule has 1 saturated heterocycles. The fraction of sp³-hybridized carbons (Fsp3) is 0.600. The predicted molar refractivity (Wildman–Crippen MR) is 128 cm³/mol. The van der Waals surface area contributed by atoms with E-state index in [1.165, 1.54) is 0 Å². The van der Waals surface area contributed by atoms with Crippen LogP contribution in [-0.2, 0) is 11.2 Å². The second-order valence-corrected chi connectivity index (χ2v) is 8.22. The molecule has 1 N–H and O–H groups in total. The van der Waals surface area contributed by atoms with Crippen molar-refractivity contribution in [2.75, 3.05) is 53.9 Å². The molecule has 158 valence electrons. The number of likely N-dealkylation sites (N-methyl/N-ethyl adjacent to an activating group) is 1. The highest BCUT2D eigenvalue weighted by Gasteiger charge is 2.25. The van der Waals surface area contributed by atoms with Gasteiger partial charge in [0.1, 0.15) is 0 Å². The van der Waals surface area contributed by atoms with Crippen molar-refractivity contribution in [3.05, 3.63) is 34.9 Å². The highest BCUT2D eigenvalue weighted by Crippen LogP contribution is 2.13. The lowest BCUT2D eigenvalue weighted by atomic mass is 10.0. The third kappa shape index (κ3) is 7.08. The number of amides is 1. The molecule has 6 nitrogen and oxygen atoms in total. The zero-order valence-corrected chi connectivity index (χ0v) is 20.6. The highest BCUT2D eigenvalue weighted by atomic mass is 127. The van der Waals surface area contributed by atoms with Gasteiger partial charge in [0, 0.05) is 50.3 Å². The number of nitrogens with one attached hydrogen (secondary N) is 1. The minimum absolute atomic E-state index is 0. The molecule has 0 aliphatic carbocycles. The summed E-state index contributed by atoms with van der Waals surface area (Å²) >= 11 is 6.01. The van der Waals surface area contributed by atoms with Crippen molar-refractivity contribution in [1.29, 1.82) is 0 Å². The molecule has 8 heteroatoms. The Balaban J connectivity index is 0.00000392. The second-order valence-electron chi connectivity index (χ2n) is 7.78. The zero-order chi connectivity index (χ0) is 20.0. The van der Waals surface area contributed by atoms with Crippen LogP contribution in [0.1, 0.15) is 19.4 Å². The number of piperazine rings is 1. The van der Waals surface area contributed by atoms with Gasteiger partial charge in [0.05, 0.1) is 6.42 Å². The Kier molecular flexibility index (Phi) is 10.00. The van der Waals surface area contributed by atoms with Crippen LogP contribution in [0.25, 0.3) is 0 Å². The number of carbonyl (C=O) groups excluding carboxylic acids is 1. The fourth-order valence-corrected chi connectivity index (χ4v) is 3.10. The van der Waals surface area contributed by atoms with E-state index in [1.807, 2.05) is 36.2 Å². The molecule has 0 unspecified atom stereocenters. The van der Waals surface area contributed by atoms with Crippen LogP contribution in [0.5, 0.6) is 0 Å². The number of rotatable bonds is 5. The van der Waals surface area contributed by atoms with Gasteiger partial charge in [-0.15, -0.1) is 24.0 Å². The number of hydrogen-bond donors (Lipinski definition) is 1. The number of carbonyl (C=O) groups is 1. The minimum atomic E-state index is 0. The molecule has 0 radical (unpaired) electrons. The van der Waals surface area contributed by atoms with Crippen molar-refractivity contribution in [2.45, 2.75) is 25.8 Å². The van der Waals surface area contributed by atoms with E-state index in [4.69, 9.17) is 11.6 Å². The summed E-state index contributed by atoms with van der Waals surface area (Å²) < 4.78 is 0. The number of aliphatic imine (C=N–C) groups is 1. The Hall–Kier alpha value is -1.06. The van der Waals surface area contributed by atoms with Gasteiger partial charge in [-0.25, -0.2) is 0 Å². The van der Waals surface area contributed by atoms with E-state index in [9.17, 15) is 4.79 Å². The Labute approximate surface area is 191 Å². The summed E-state index contributed by atoms with van der Waals surface area (Å²) in [7, 11) is 5.96. The van der Waals surface area contributed by atoms with E-state index in [-0.39, 0.29) is 35.4 Å². The molecule has 1 heterocycles. The first-order valence-corrected chi connectivity index (χ1v) is 9.76. The SMILES string of the molecule is CN=C(NCC(C)(C)N(C)C)N1CCN(C(=O)Cc2cccc(Cl)c2)CC1.I. The fourth-order valence-electron chi connectivity index (χ4n) is 2.89. The number of hydrogen-bond acceptors (Lipinski definition) is 3. The first kappa shape index (κ1) is 25.0. The quantitative estimate of drug-likeness (QED) is 0.368. The maximum Gasteiger partial charge on any atom is 0.227 e. The van der Waals surface area contributed by atoms with Gasteiger partial charge in [-0.3, -0.25) is 9.79 Å². The summed E-state index contributed by atoms with van der Waals surface area (Å²) in [6.07, 6.45) is 0.393. The molecule has 1 aromatic carbocycles. The molecular formula is C20H33ClIN5O. The smallest absolute Gasteiger partial charge is 0.227 e. The van der Waals surface area contributed by atoms with Gasteiger partial charge >= 0.3 is 0 Å². The summed E-state index contributed by atoms with van der Waals surface area (Å²) in [5, 5.41) is 4.13. The van der Waals surface area contributed by atoms with Crippen LogP contribution >= 0.6 is 35.6 Å². The molecule has 1 aliphatic rings. The molecule has 0 spiro atoms. The van der Waals surface area contributed by atoms with E-state index >= 15 is 0 Å². The summed E-state index contributed by atoms with van der Waals surface area (Å²) in [6.45, 7) is 8.17. The predicted octanol–water partition coefficient (Wildman–Crippen LogP) is 2.56. The number of nitrogens with zero attached hydrogens (tertiary/aromatic N) is 4. The van der Waals surface area contributed by atoms with Crippen molar-refractivity contribution in [3.63, 3.8) is 0 Å². The third-order valence-electron chi connectivity index (χ3n) is 5.28. The van der Waals surface area contributed by atoms with Gasteiger partial charge in [-0.1, -0.05) is 23.7 Å². The molecule has 0 saturated carbocycles. The molecule has 1 aromatic rings. The first-order chi connectivity index (χ1) is 12.7. The molecule has 2 rings (SSSR count). The minimum Gasteiger partial charge on any atom is -0.354 e.